The number of benzene rings is 3. The van der Waals surface area contributed by atoms with Gasteiger partial charge in [-0.15, -0.1) is 0 Å². The smallest absolute Gasteiger partial charge is 0.367 e. The highest BCUT2D eigenvalue weighted by atomic mass is 32.1. The molecule has 8 heteroatoms. The molecule has 1 aromatic heterocycles. The number of aromatic nitrogens is 1. The van der Waals surface area contributed by atoms with E-state index in [0.29, 0.717) is 24.2 Å². The minimum atomic E-state index is -4.44. The lowest BCUT2D eigenvalue weighted by Crippen LogP contribution is -2.28. The van der Waals surface area contributed by atoms with Crippen molar-refractivity contribution < 1.29 is 18.0 Å². The van der Waals surface area contributed by atoms with Crippen LogP contribution in [0.1, 0.15) is 15.9 Å². The zero-order chi connectivity index (χ0) is 21.8. The fourth-order valence-corrected chi connectivity index (χ4v) is 4.01. The first-order valence-corrected chi connectivity index (χ1v) is 10.3. The van der Waals surface area contributed by atoms with Gasteiger partial charge in [-0.3, -0.25) is 4.79 Å². The Morgan fingerprint density at radius 1 is 0.903 bits per heavy atom. The van der Waals surface area contributed by atoms with Crippen molar-refractivity contribution in [3.05, 3.63) is 83.9 Å². The van der Waals surface area contributed by atoms with Crippen molar-refractivity contribution in [1.82, 2.24) is 9.69 Å². The minimum absolute atomic E-state index is 0.0849. The second-order valence-electron chi connectivity index (χ2n) is 6.83. The second kappa shape index (κ2) is 8.77. The largest absolute Gasteiger partial charge is 0.417 e. The van der Waals surface area contributed by atoms with E-state index in [-0.39, 0.29) is 11.5 Å². The van der Waals surface area contributed by atoms with Crippen LogP contribution in [0.2, 0.25) is 0 Å². The lowest BCUT2D eigenvalue weighted by molar-refractivity contribution is -0.137. The van der Waals surface area contributed by atoms with Crippen LogP contribution in [0.15, 0.2) is 72.8 Å². The molecule has 4 aromatic rings. The molecule has 0 saturated carbocycles. The van der Waals surface area contributed by atoms with Crippen LogP contribution in [0.3, 0.4) is 0 Å². The number of amides is 1. The van der Waals surface area contributed by atoms with Crippen LogP contribution in [0, 0.1) is 0 Å². The molecule has 0 aliphatic heterocycles. The molecule has 0 unspecified atom stereocenters. The molecule has 0 saturated heterocycles. The summed E-state index contributed by atoms with van der Waals surface area (Å²) in [4.78, 5) is 12.4. The number of hydrogen-bond donors (Lipinski definition) is 2. The van der Waals surface area contributed by atoms with Gasteiger partial charge in [-0.1, -0.05) is 42.5 Å². The van der Waals surface area contributed by atoms with Gasteiger partial charge in [0.15, 0.2) is 0 Å². The number of anilines is 1. The van der Waals surface area contributed by atoms with E-state index in [1.807, 2.05) is 24.3 Å². The molecule has 4 rings (SSSR count). The third-order valence-electron chi connectivity index (χ3n) is 4.77. The summed E-state index contributed by atoms with van der Waals surface area (Å²) in [6, 6.07) is 19.4. The predicted octanol–water partition coefficient (Wildman–Crippen LogP) is 5.82. The molecule has 0 fully saturated rings. The summed E-state index contributed by atoms with van der Waals surface area (Å²) in [5.41, 5.74) is 0.170. The lowest BCUT2D eigenvalue weighted by Gasteiger charge is -2.13. The van der Waals surface area contributed by atoms with E-state index < -0.39 is 11.7 Å². The van der Waals surface area contributed by atoms with Gasteiger partial charge in [-0.2, -0.15) is 17.5 Å². The van der Waals surface area contributed by atoms with Crippen molar-refractivity contribution in [3.63, 3.8) is 0 Å². The summed E-state index contributed by atoms with van der Waals surface area (Å²) in [6.45, 7) is 0.875. The number of nitrogens with zero attached hydrogens (tertiary/aromatic N) is 1. The van der Waals surface area contributed by atoms with Gasteiger partial charge in [0.05, 0.1) is 10.3 Å². The molecule has 0 spiro atoms. The van der Waals surface area contributed by atoms with Crippen LogP contribution in [0.25, 0.3) is 21.2 Å². The van der Waals surface area contributed by atoms with E-state index in [2.05, 4.69) is 15.0 Å². The summed E-state index contributed by atoms with van der Waals surface area (Å²) in [7, 11) is 0. The minimum Gasteiger partial charge on any atom is -0.367 e. The third-order valence-corrected chi connectivity index (χ3v) is 5.60. The number of carbonyl (C=O) groups is 1. The highest BCUT2D eigenvalue weighted by Crippen LogP contribution is 2.36. The Kier molecular flexibility index (Phi) is 5.90. The normalized spacial score (nSPS) is 11.5. The first-order valence-electron chi connectivity index (χ1n) is 9.56. The molecule has 0 atom stereocenters. The Morgan fingerprint density at radius 2 is 1.61 bits per heavy atom. The summed E-state index contributed by atoms with van der Waals surface area (Å²) in [6.07, 6.45) is -4.44. The average molecular weight is 441 g/mol. The lowest BCUT2D eigenvalue weighted by atomic mass is 9.98. The maximum absolute atomic E-state index is 13.2. The molecule has 1 amide bonds. The SMILES string of the molecule is O=C(NCCNc1nsc2ccccc12)c1ccc(-c2ccccc2C(F)(F)F)cc1. The van der Waals surface area contributed by atoms with Gasteiger partial charge < -0.3 is 10.6 Å². The van der Waals surface area contributed by atoms with Crippen molar-refractivity contribution in [2.45, 2.75) is 6.18 Å². The van der Waals surface area contributed by atoms with Gasteiger partial charge in [-0.25, -0.2) is 0 Å². The van der Waals surface area contributed by atoms with Crippen molar-refractivity contribution in [1.29, 1.82) is 0 Å². The number of carbonyl (C=O) groups excluding carboxylic acids is 1. The fourth-order valence-electron chi connectivity index (χ4n) is 3.26. The summed E-state index contributed by atoms with van der Waals surface area (Å²) >= 11 is 1.41. The number of fused-ring (bicyclic) bond motifs is 1. The Labute approximate surface area is 180 Å². The molecule has 1 heterocycles. The van der Waals surface area contributed by atoms with Crippen LogP contribution in [-0.4, -0.2) is 23.4 Å². The third kappa shape index (κ3) is 4.69. The molecule has 2 N–H and O–H groups in total. The maximum Gasteiger partial charge on any atom is 0.417 e. The maximum atomic E-state index is 13.2. The quantitative estimate of drug-likeness (QED) is 0.371. The first kappa shape index (κ1) is 20.9. The van der Waals surface area contributed by atoms with Crippen LogP contribution in [-0.2, 0) is 6.18 Å². The van der Waals surface area contributed by atoms with Crippen molar-refractivity contribution >= 4 is 33.3 Å². The van der Waals surface area contributed by atoms with Crippen LogP contribution < -0.4 is 10.6 Å². The van der Waals surface area contributed by atoms with Gasteiger partial charge in [-0.05, 0) is 53.0 Å². The first-order chi connectivity index (χ1) is 14.9. The molecule has 158 valence electrons. The topological polar surface area (TPSA) is 54.0 Å². The van der Waals surface area contributed by atoms with E-state index in [9.17, 15) is 18.0 Å². The van der Waals surface area contributed by atoms with E-state index in [1.165, 1.54) is 47.9 Å². The zero-order valence-corrected chi connectivity index (χ0v) is 17.1. The van der Waals surface area contributed by atoms with Gasteiger partial charge in [0, 0.05) is 24.0 Å². The molecule has 3 aromatic carbocycles. The monoisotopic (exact) mass is 441 g/mol. The van der Waals surface area contributed by atoms with Crippen LogP contribution in [0.5, 0.6) is 0 Å². The molecule has 4 nitrogen and oxygen atoms in total. The Balaban J connectivity index is 1.36. The summed E-state index contributed by atoms with van der Waals surface area (Å²) < 4.78 is 45.1. The average Bonchev–Trinajstić information content (AvgIpc) is 3.19. The molecular formula is C23H18F3N3OS. The molecule has 0 aliphatic carbocycles. The number of hydrogen-bond acceptors (Lipinski definition) is 4. The van der Waals surface area contributed by atoms with Gasteiger partial charge in [0.1, 0.15) is 5.82 Å². The highest BCUT2D eigenvalue weighted by Gasteiger charge is 2.33. The number of alkyl halides is 3. The van der Waals surface area contributed by atoms with Crippen molar-refractivity contribution in [2.75, 3.05) is 18.4 Å². The van der Waals surface area contributed by atoms with Crippen LogP contribution in [0.4, 0.5) is 19.0 Å². The molecule has 0 bridgehead atoms. The summed E-state index contributed by atoms with van der Waals surface area (Å²) in [5.74, 6) is 0.489. The Hall–Kier alpha value is -3.39. The van der Waals surface area contributed by atoms with E-state index >= 15 is 0 Å². The van der Waals surface area contributed by atoms with Gasteiger partial charge in [0.25, 0.3) is 5.91 Å². The highest BCUT2D eigenvalue weighted by molar-refractivity contribution is 7.13. The molecule has 31 heavy (non-hydrogen) atoms. The number of nitrogens with one attached hydrogen (secondary N) is 2. The van der Waals surface area contributed by atoms with Gasteiger partial charge in [0.2, 0.25) is 0 Å². The van der Waals surface area contributed by atoms with Gasteiger partial charge >= 0.3 is 6.18 Å². The Bertz CT molecular complexity index is 1200. The van der Waals surface area contributed by atoms with E-state index in [0.717, 1.165) is 22.0 Å². The standard InChI is InChI=1S/C23H18F3N3OS/c24-23(25,26)19-7-3-1-5-17(19)15-9-11-16(12-10-15)22(30)28-14-13-27-21-18-6-2-4-8-20(18)31-29-21/h1-12H,13-14H2,(H,27,29)(H,28,30). The molecule has 0 aliphatic rings. The van der Waals surface area contributed by atoms with E-state index in [1.54, 1.807) is 6.07 Å². The summed E-state index contributed by atoms with van der Waals surface area (Å²) in [5, 5.41) is 7.04. The second-order valence-corrected chi connectivity index (χ2v) is 7.64. The van der Waals surface area contributed by atoms with E-state index in [4.69, 9.17) is 0 Å². The fraction of sp³-hybridized carbons (Fsp3) is 0.130. The zero-order valence-electron chi connectivity index (χ0n) is 16.2. The Morgan fingerprint density at radius 3 is 2.39 bits per heavy atom. The van der Waals surface area contributed by atoms with Crippen molar-refractivity contribution in [2.24, 2.45) is 0 Å². The molecule has 0 radical (unpaired) electrons. The number of rotatable bonds is 6. The van der Waals surface area contributed by atoms with Crippen molar-refractivity contribution in [3.8, 4) is 11.1 Å². The number of halogens is 3. The van der Waals surface area contributed by atoms with Crippen LogP contribution >= 0.6 is 11.5 Å². The predicted molar refractivity (Wildman–Crippen MR) is 117 cm³/mol. The molecular weight excluding hydrogens is 423 g/mol.